The van der Waals surface area contributed by atoms with E-state index in [1.165, 1.54) is 19.1 Å². The second-order valence-electron chi connectivity index (χ2n) is 9.28. The normalized spacial score (nSPS) is 15.2. The highest BCUT2D eigenvalue weighted by Gasteiger charge is 2.32. The highest BCUT2D eigenvalue weighted by Crippen LogP contribution is 2.31. The Hall–Kier alpha value is -3.79. The lowest BCUT2D eigenvalue weighted by atomic mass is 10.0. The molecule has 2 amide bonds. The number of hydrogen-bond donors (Lipinski definition) is 1. The van der Waals surface area contributed by atoms with Gasteiger partial charge in [0.25, 0.3) is 5.91 Å². The predicted molar refractivity (Wildman–Crippen MR) is 149 cm³/mol. The molecule has 1 N–H and O–H groups in total. The molecule has 39 heavy (non-hydrogen) atoms. The van der Waals surface area contributed by atoms with Crippen LogP contribution in [0.3, 0.4) is 0 Å². The van der Waals surface area contributed by atoms with E-state index in [0.29, 0.717) is 48.1 Å². The van der Waals surface area contributed by atoms with Gasteiger partial charge in [0.15, 0.2) is 11.5 Å². The monoisotopic (exact) mass is 553 g/mol. The number of methoxy groups -OCH3 is 3. The summed E-state index contributed by atoms with van der Waals surface area (Å²) in [4.78, 5) is 34.1. The third-order valence-electron chi connectivity index (χ3n) is 6.75. The van der Waals surface area contributed by atoms with Gasteiger partial charge in [-0.2, -0.15) is 0 Å². The molecule has 3 aromatic rings. The Morgan fingerprint density at radius 2 is 1.82 bits per heavy atom. The molecule has 0 saturated carbocycles. The number of carbonyl (C=O) groups is 2. The lowest BCUT2D eigenvalue weighted by Gasteiger charge is -2.30. The number of nitrogens with zero attached hydrogens (tertiary/aromatic N) is 2. The van der Waals surface area contributed by atoms with Gasteiger partial charge in [-0.15, -0.1) is 11.3 Å². The number of thiazole rings is 1. The summed E-state index contributed by atoms with van der Waals surface area (Å²) in [6, 6.07) is 10.0. The first-order chi connectivity index (χ1) is 18.9. The number of ether oxygens (including phenoxy) is 4. The summed E-state index contributed by atoms with van der Waals surface area (Å²) >= 11 is 1.62. The van der Waals surface area contributed by atoms with Crippen LogP contribution in [0.4, 0.5) is 0 Å². The van der Waals surface area contributed by atoms with Crippen molar-refractivity contribution in [1.29, 1.82) is 0 Å². The van der Waals surface area contributed by atoms with Crippen LogP contribution in [0.15, 0.2) is 41.9 Å². The van der Waals surface area contributed by atoms with E-state index in [4.69, 9.17) is 18.9 Å². The first-order valence-corrected chi connectivity index (χ1v) is 13.8. The highest BCUT2D eigenvalue weighted by molar-refractivity contribution is 7.09. The summed E-state index contributed by atoms with van der Waals surface area (Å²) in [6.07, 6.45) is 3.04. The first-order valence-electron chi connectivity index (χ1n) is 12.9. The number of nitrogens with one attached hydrogen (secondary N) is 1. The quantitative estimate of drug-likeness (QED) is 0.376. The molecule has 0 spiro atoms. The third-order valence-corrected chi connectivity index (χ3v) is 7.75. The highest BCUT2D eigenvalue weighted by atomic mass is 32.1. The molecule has 2 aromatic carbocycles. The molecule has 208 valence electrons. The molecule has 2 heterocycles. The molecule has 0 unspecified atom stereocenters. The van der Waals surface area contributed by atoms with Gasteiger partial charge in [-0.3, -0.25) is 9.59 Å². The molecule has 1 fully saturated rings. The van der Waals surface area contributed by atoms with Gasteiger partial charge in [0, 0.05) is 36.0 Å². The van der Waals surface area contributed by atoms with Crippen molar-refractivity contribution in [3.05, 3.63) is 63.6 Å². The zero-order valence-corrected chi connectivity index (χ0v) is 23.6. The van der Waals surface area contributed by atoms with Crippen molar-refractivity contribution in [2.45, 2.75) is 45.2 Å². The average molecular weight is 554 g/mol. The Kier molecular flexibility index (Phi) is 9.64. The van der Waals surface area contributed by atoms with Gasteiger partial charge in [-0.25, -0.2) is 4.98 Å². The van der Waals surface area contributed by atoms with Crippen LogP contribution in [-0.4, -0.2) is 62.2 Å². The molecule has 0 aliphatic carbocycles. The minimum absolute atomic E-state index is 0.152. The van der Waals surface area contributed by atoms with Crippen molar-refractivity contribution in [3.63, 3.8) is 0 Å². The lowest BCUT2D eigenvalue weighted by molar-refractivity contribution is -0.125. The Morgan fingerprint density at radius 3 is 2.49 bits per heavy atom. The first kappa shape index (κ1) is 28.2. The molecule has 1 aliphatic heterocycles. The van der Waals surface area contributed by atoms with Crippen LogP contribution in [-0.2, 0) is 17.8 Å². The number of benzene rings is 2. The van der Waals surface area contributed by atoms with E-state index in [-0.39, 0.29) is 18.4 Å². The summed E-state index contributed by atoms with van der Waals surface area (Å²) in [5, 5.41) is 2.95. The van der Waals surface area contributed by atoms with E-state index in [0.717, 1.165) is 30.5 Å². The molecular formula is C29H35N3O6S. The summed E-state index contributed by atoms with van der Waals surface area (Å²) in [7, 11) is 4.66. The molecule has 1 saturated heterocycles. The summed E-state index contributed by atoms with van der Waals surface area (Å²) < 4.78 is 22.4. The van der Waals surface area contributed by atoms with Crippen LogP contribution < -0.4 is 24.3 Å². The van der Waals surface area contributed by atoms with E-state index < -0.39 is 6.04 Å². The minimum Gasteiger partial charge on any atom is -0.497 e. The van der Waals surface area contributed by atoms with Gasteiger partial charge in [-0.1, -0.05) is 6.07 Å². The Morgan fingerprint density at radius 1 is 1.05 bits per heavy atom. The van der Waals surface area contributed by atoms with Crippen LogP contribution in [0.5, 0.6) is 23.0 Å². The van der Waals surface area contributed by atoms with E-state index in [1.54, 1.807) is 41.5 Å². The number of aryl methyl sites for hydroxylation is 1. The predicted octanol–water partition coefficient (Wildman–Crippen LogP) is 4.41. The van der Waals surface area contributed by atoms with E-state index in [9.17, 15) is 9.59 Å². The maximum Gasteiger partial charge on any atom is 0.255 e. The van der Waals surface area contributed by atoms with Gasteiger partial charge < -0.3 is 29.2 Å². The minimum atomic E-state index is -0.609. The van der Waals surface area contributed by atoms with Crippen molar-refractivity contribution in [3.8, 4) is 23.0 Å². The summed E-state index contributed by atoms with van der Waals surface area (Å²) in [5.74, 6) is 1.74. The van der Waals surface area contributed by atoms with Gasteiger partial charge in [-0.05, 0) is 56.0 Å². The Labute approximate surface area is 233 Å². The molecule has 1 aromatic heterocycles. The van der Waals surface area contributed by atoms with Gasteiger partial charge >= 0.3 is 0 Å². The number of amides is 2. The number of rotatable bonds is 11. The van der Waals surface area contributed by atoms with Crippen molar-refractivity contribution >= 4 is 23.2 Å². The van der Waals surface area contributed by atoms with Gasteiger partial charge in [0.05, 0.1) is 39.1 Å². The maximum absolute atomic E-state index is 13.9. The molecule has 1 atom stereocenters. The summed E-state index contributed by atoms with van der Waals surface area (Å²) in [6.45, 7) is 3.30. The fourth-order valence-corrected chi connectivity index (χ4v) is 5.35. The third kappa shape index (κ3) is 7.00. The molecule has 0 radical (unpaired) electrons. The summed E-state index contributed by atoms with van der Waals surface area (Å²) in [5.41, 5.74) is 4.06. The van der Waals surface area contributed by atoms with Gasteiger partial charge in [0.1, 0.15) is 17.5 Å². The zero-order valence-electron chi connectivity index (χ0n) is 22.8. The number of carbonyl (C=O) groups excluding carboxylic acids is 2. The lowest BCUT2D eigenvalue weighted by Crippen LogP contribution is -2.48. The largest absolute Gasteiger partial charge is 0.497 e. The van der Waals surface area contributed by atoms with E-state index >= 15 is 0 Å². The molecule has 0 bridgehead atoms. The standard InChI is InChI=1S/C29H35N3O6S/c1-19-27(39-18-31-19)10-12-38-25-9-8-20(13-26(25)37-4)17-32(24-7-5-6-11-30-28(24)33)29(34)21-14-22(35-2)16-23(15-21)36-3/h8-9,13-16,18,24H,5-7,10-12,17H2,1-4H3,(H,30,33)/t24-/m0/s1. The van der Waals surface area contributed by atoms with Crippen LogP contribution in [0.25, 0.3) is 0 Å². The molecule has 1 aliphatic rings. The molecular weight excluding hydrogens is 518 g/mol. The van der Waals surface area contributed by atoms with Crippen molar-refractivity contribution in [2.75, 3.05) is 34.5 Å². The topological polar surface area (TPSA) is 99.2 Å². The second-order valence-corrected chi connectivity index (χ2v) is 10.2. The molecule has 10 heteroatoms. The number of aromatic nitrogens is 1. The Balaban J connectivity index is 1.59. The average Bonchev–Trinajstić information content (AvgIpc) is 3.25. The maximum atomic E-state index is 13.9. The number of hydrogen-bond acceptors (Lipinski definition) is 8. The smallest absolute Gasteiger partial charge is 0.255 e. The Bertz CT molecular complexity index is 1270. The molecule has 4 rings (SSSR count). The van der Waals surface area contributed by atoms with Crippen LogP contribution in [0, 0.1) is 6.92 Å². The van der Waals surface area contributed by atoms with E-state index in [1.807, 2.05) is 30.6 Å². The van der Waals surface area contributed by atoms with Crippen LogP contribution in [0.1, 0.15) is 45.8 Å². The van der Waals surface area contributed by atoms with Crippen molar-refractivity contribution in [1.82, 2.24) is 15.2 Å². The fraction of sp³-hybridized carbons (Fsp3) is 0.414. The fourth-order valence-electron chi connectivity index (χ4n) is 4.59. The van der Waals surface area contributed by atoms with Gasteiger partial charge in [0.2, 0.25) is 5.91 Å². The van der Waals surface area contributed by atoms with Crippen molar-refractivity contribution in [2.24, 2.45) is 0 Å². The second kappa shape index (κ2) is 13.3. The zero-order chi connectivity index (χ0) is 27.8. The van der Waals surface area contributed by atoms with E-state index in [2.05, 4.69) is 10.3 Å². The van der Waals surface area contributed by atoms with Crippen LogP contribution in [0.2, 0.25) is 0 Å². The molecule has 9 nitrogen and oxygen atoms in total. The SMILES string of the molecule is COc1cc(OC)cc(C(=O)N(Cc2ccc(OCCc3scnc3C)c(OC)c2)[C@H]2CCCCNC2=O)c1. The van der Waals surface area contributed by atoms with Crippen LogP contribution >= 0.6 is 11.3 Å². The van der Waals surface area contributed by atoms with Crippen molar-refractivity contribution < 1.29 is 28.5 Å².